The molecule has 2 aromatic carbocycles. The molecule has 0 aliphatic rings. The molecular formula is C22H14F6N2O2S. The average Bonchev–Trinajstić information content (AvgIpc) is 3.22. The first kappa shape index (κ1) is 23.0. The zero-order valence-electron chi connectivity index (χ0n) is 16.5. The zero-order valence-corrected chi connectivity index (χ0v) is 17.3. The maximum atomic E-state index is 13.2. The van der Waals surface area contributed by atoms with Crippen molar-refractivity contribution in [3.8, 4) is 5.69 Å². The molecule has 0 radical (unpaired) electrons. The Labute approximate surface area is 186 Å². The number of hydrogen-bond acceptors (Lipinski definition) is 4. The van der Waals surface area contributed by atoms with E-state index in [0.29, 0.717) is 17.0 Å². The molecule has 0 saturated carbocycles. The van der Waals surface area contributed by atoms with Gasteiger partial charge in [-0.25, -0.2) is 4.98 Å². The standard InChI is InChI=1S/C22H14F6N2O2S/c23-21(24,25)20(32,22(26,27)28)14-6-8-15(9-7-14)30-17(12-13-4-2-1-3-5-13)29-18-16(19(30)31)10-11-33-18/h1-11,32H,12H2. The van der Waals surface area contributed by atoms with E-state index in [4.69, 9.17) is 0 Å². The molecule has 0 unspecified atom stereocenters. The minimum absolute atomic E-state index is 0.0157. The van der Waals surface area contributed by atoms with Crippen molar-refractivity contribution in [3.05, 3.63) is 93.3 Å². The van der Waals surface area contributed by atoms with Crippen molar-refractivity contribution in [2.75, 3.05) is 0 Å². The van der Waals surface area contributed by atoms with Gasteiger partial charge in [0.25, 0.3) is 11.2 Å². The summed E-state index contributed by atoms with van der Waals surface area (Å²) in [6.45, 7) is 0. The highest BCUT2D eigenvalue weighted by Crippen LogP contribution is 2.50. The maximum absolute atomic E-state index is 13.2. The number of thiophene rings is 1. The molecule has 0 amide bonds. The molecule has 1 N–H and O–H groups in total. The van der Waals surface area contributed by atoms with Gasteiger partial charge in [0.05, 0.1) is 11.1 Å². The van der Waals surface area contributed by atoms with Crippen molar-refractivity contribution < 1.29 is 31.4 Å². The number of rotatable bonds is 4. The molecule has 4 rings (SSSR count). The average molecular weight is 484 g/mol. The number of hydrogen-bond donors (Lipinski definition) is 1. The summed E-state index contributed by atoms with van der Waals surface area (Å²) in [4.78, 5) is 18.1. The fraction of sp³-hybridized carbons (Fsp3) is 0.182. The molecule has 172 valence electrons. The highest BCUT2D eigenvalue weighted by atomic mass is 32.1. The zero-order chi connectivity index (χ0) is 24.0. The van der Waals surface area contributed by atoms with Crippen LogP contribution in [0.25, 0.3) is 15.9 Å². The quantitative estimate of drug-likeness (QED) is 0.398. The van der Waals surface area contributed by atoms with Crippen LogP contribution in [0.15, 0.2) is 70.8 Å². The van der Waals surface area contributed by atoms with E-state index in [-0.39, 0.29) is 23.3 Å². The van der Waals surface area contributed by atoms with Gasteiger partial charge in [-0.1, -0.05) is 42.5 Å². The summed E-state index contributed by atoms with van der Waals surface area (Å²) in [5.74, 6) is 0.260. The molecule has 0 aliphatic heterocycles. The largest absolute Gasteiger partial charge is 0.430 e. The highest BCUT2D eigenvalue weighted by Gasteiger charge is 2.71. The fourth-order valence-corrected chi connectivity index (χ4v) is 4.23. The maximum Gasteiger partial charge on any atom is 0.430 e. The van der Waals surface area contributed by atoms with E-state index >= 15 is 0 Å². The first-order valence-corrected chi connectivity index (χ1v) is 10.3. The molecule has 2 heterocycles. The summed E-state index contributed by atoms with van der Waals surface area (Å²) in [5.41, 5.74) is -6.15. The minimum atomic E-state index is -6.00. The van der Waals surface area contributed by atoms with Crippen LogP contribution in [0.5, 0.6) is 0 Å². The first-order chi connectivity index (χ1) is 15.4. The fourth-order valence-electron chi connectivity index (χ4n) is 3.46. The van der Waals surface area contributed by atoms with Gasteiger partial charge in [0.2, 0.25) is 0 Å². The van der Waals surface area contributed by atoms with Crippen LogP contribution >= 0.6 is 11.3 Å². The molecule has 0 aliphatic carbocycles. The molecule has 0 spiro atoms. The Balaban J connectivity index is 1.86. The smallest absolute Gasteiger partial charge is 0.369 e. The Morgan fingerprint density at radius 1 is 0.879 bits per heavy atom. The number of fused-ring (bicyclic) bond motifs is 1. The topological polar surface area (TPSA) is 55.1 Å². The molecule has 4 aromatic rings. The normalized spacial score (nSPS) is 12.9. The van der Waals surface area contributed by atoms with Gasteiger partial charge in [-0.05, 0) is 29.1 Å². The van der Waals surface area contributed by atoms with E-state index in [2.05, 4.69) is 4.98 Å². The number of aliphatic hydroxyl groups is 1. The van der Waals surface area contributed by atoms with Crippen molar-refractivity contribution in [1.82, 2.24) is 9.55 Å². The second-order valence-electron chi connectivity index (χ2n) is 7.22. The molecule has 0 saturated heterocycles. The second-order valence-corrected chi connectivity index (χ2v) is 8.12. The Morgan fingerprint density at radius 3 is 2.06 bits per heavy atom. The van der Waals surface area contributed by atoms with E-state index in [1.165, 1.54) is 11.3 Å². The van der Waals surface area contributed by atoms with E-state index in [1.807, 2.05) is 0 Å². The lowest BCUT2D eigenvalue weighted by atomic mass is 9.92. The molecular weight excluding hydrogens is 470 g/mol. The van der Waals surface area contributed by atoms with Gasteiger partial charge in [-0.15, -0.1) is 11.3 Å². The van der Waals surface area contributed by atoms with Crippen molar-refractivity contribution in [1.29, 1.82) is 0 Å². The van der Waals surface area contributed by atoms with E-state index < -0.39 is 29.1 Å². The van der Waals surface area contributed by atoms with Gasteiger partial charge in [0, 0.05) is 12.0 Å². The lowest BCUT2D eigenvalue weighted by Crippen LogP contribution is -2.53. The summed E-state index contributed by atoms with van der Waals surface area (Å²) in [5, 5.41) is 11.5. The number of alkyl halides is 6. The predicted molar refractivity (Wildman–Crippen MR) is 110 cm³/mol. The molecule has 11 heteroatoms. The van der Waals surface area contributed by atoms with Crippen molar-refractivity contribution in [3.63, 3.8) is 0 Å². The van der Waals surface area contributed by atoms with Crippen LogP contribution in [0.1, 0.15) is 17.0 Å². The van der Waals surface area contributed by atoms with Crippen LogP contribution in [0.4, 0.5) is 26.3 Å². The highest BCUT2D eigenvalue weighted by molar-refractivity contribution is 7.16. The minimum Gasteiger partial charge on any atom is -0.369 e. The number of halogens is 6. The molecule has 4 nitrogen and oxygen atoms in total. The lowest BCUT2D eigenvalue weighted by Gasteiger charge is -2.32. The Bertz CT molecular complexity index is 1330. The van der Waals surface area contributed by atoms with Crippen LogP contribution in [-0.4, -0.2) is 27.0 Å². The van der Waals surface area contributed by atoms with Crippen LogP contribution in [0.3, 0.4) is 0 Å². The van der Waals surface area contributed by atoms with Crippen molar-refractivity contribution in [2.45, 2.75) is 24.4 Å². The van der Waals surface area contributed by atoms with Crippen LogP contribution in [-0.2, 0) is 12.0 Å². The number of aromatic nitrogens is 2. The summed E-state index contributed by atoms with van der Waals surface area (Å²) >= 11 is 1.23. The van der Waals surface area contributed by atoms with Crippen LogP contribution in [0, 0.1) is 0 Å². The van der Waals surface area contributed by atoms with E-state index in [0.717, 1.165) is 22.3 Å². The third-order valence-corrected chi connectivity index (χ3v) is 5.94. The van der Waals surface area contributed by atoms with E-state index in [9.17, 15) is 36.2 Å². The van der Waals surface area contributed by atoms with Gasteiger partial charge in [0.15, 0.2) is 0 Å². The Kier molecular flexibility index (Phi) is 5.57. The third-order valence-electron chi connectivity index (χ3n) is 5.14. The summed E-state index contributed by atoms with van der Waals surface area (Å²) < 4.78 is 80.3. The summed E-state index contributed by atoms with van der Waals surface area (Å²) in [7, 11) is 0. The number of nitrogens with zero attached hydrogens (tertiary/aromatic N) is 2. The Hall–Kier alpha value is -3.18. The molecule has 0 bridgehead atoms. The molecule has 33 heavy (non-hydrogen) atoms. The van der Waals surface area contributed by atoms with Crippen molar-refractivity contribution in [2.24, 2.45) is 0 Å². The van der Waals surface area contributed by atoms with Gasteiger partial charge >= 0.3 is 12.4 Å². The third kappa shape index (κ3) is 3.91. The SMILES string of the molecule is O=c1c2ccsc2nc(Cc2ccccc2)n1-c1ccc(C(O)(C(F)(F)F)C(F)(F)F)cc1. The molecule has 2 aromatic heterocycles. The van der Waals surface area contributed by atoms with E-state index in [1.54, 1.807) is 41.8 Å². The van der Waals surface area contributed by atoms with Crippen LogP contribution < -0.4 is 5.56 Å². The number of benzene rings is 2. The second kappa shape index (κ2) is 7.99. The summed E-state index contributed by atoms with van der Waals surface area (Å²) in [6, 6.07) is 13.4. The van der Waals surface area contributed by atoms with Crippen molar-refractivity contribution >= 4 is 21.6 Å². The lowest BCUT2D eigenvalue weighted by molar-refractivity contribution is -0.376. The van der Waals surface area contributed by atoms with Gasteiger partial charge in [-0.3, -0.25) is 9.36 Å². The van der Waals surface area contributed by atoms with Gasteiger partial charge in [-0.2, -0.15) is 26.3 Å². The van der Waals surface area contributed by atoms with Gasteiger partial charge < -0.3 is 5.11 Å². The first-order valence-electron chi connectivity index (χ1n) is 9.43. The predicted octanol–water partition coefficient (Wildman–Crippen LogP) is 5.35. The molecule has 0 fully saturated rings. The monoisotopic (exact) mass is 484 g/mol. The summed E-state index contributed by atoms with van der Waals surface area (Å²) in [6.07, 6.45) is -11.8. The Morgan fingerprint density at radius 2 is 1.48 bits per heavy atom. The molecule has 0 atom stereocenters. The van der Waals surface area contributed by atoms with Crippen LogP contribution in [0.2, 0.25) is 0 Å². The van der Waals surface area contributed by atoms with Gasteiger partial charge in [0.1, 0.15) is 10.7 Å².